The number of nitrogens with one attached hydrogen (secondary N) is 3. The first kappa shape index (κ1) is 18.8. The van der Waals surface area contributed by atoms with Gasteiger partial charge in [-0.3, -0.25) is 14.9 Å². The van der Waals surface area contributed by atoms with E-state index in [0.717, 1.165) is 41.8 Å². The van der Waals surface area contributed by atoms with Crippen LogP contribution in [0.15, 0.2) is 35.5 Å². The van der Waals surface area contributed by atoms with E-state index in [-0.39, 0.29) is 35.2 Å². The molecule has 0 bridgehead atoms. The lowest BCUT2D eigenvalue weighted by molar-refractivity contribution is -0.130. The topological polar surface area (TPSA) is 70.2 Å². The molecule has 4 atom stereocenters. The van der Waals surface area contributed by atoms with Gasteiger partial charge in [0.2, 0.25) is 5.91 Å². The highest BCUT2D eigenvalue weighted by atomic mass is 35.5. The summed E-state index contributed by atoms with van der Waals surface area (Å²) >= 11 is 7.77. The first-order valence-corrected chi connectivity index (χ1v) is 11.0. The molecule has 7 heteroatoms. The molecule has 1 aliphatic carbocycles. The smallest absolute Gasteiger partial charge is 0.229 e. The highest BCUT2D eigenvalue weighted by Crippen LogP contribution is 2.43. The van der Waals surface area contributed by atoms with E-state index in [1.165, 1.54) is 0 Å². The molecule has 5 nitrogen and oxygen atoms in total. The van der Waals surface area contributed by atoms with Crippen molar-refractivity contribution in [1.82, 2.24) is 16.0 Å². The second kappa shape index (κ2) is 7.86. The van der Waals surface area contributed by atoms with E-state index in [2.05, 4.69) is 22.9 Å². The fourth-order valence-electron chi connectivity index (χ4n) is 4.27. The van der Waals surface area contributed by atoms with Gasteiger partial charge in [0.05, 0.1) is 12.1 Å². The van der Waals surface area contributed by atoms with Crippen molar-refractivity contribution in [1.29, 1.82) is 0 Å². The summed E-state index contributed by atoms with van der Waals surface area (Å²) in [5.74, 6) is 0.496. The molecule has 1 amide bonds. The zero-order valence-electron chi connectivity index (χ0n) is 15.3. The van der Waals surface area contributed by atoms with Crippen LogP contribution in [0.1, 0.15) is 44.1 Å². The zero-order chi connectivity index (χ0) is 19.0. The number of benzene rings is 1. The Kier molecular flexibility index (Phi) is 5.48. The van der Waals surface area contributed by atoms with Gasteiger partial charge >= 0.3 is 0 Å². The molecule has 3 N–H and O–H groups in total. The highest BCUT2D eigenvalue weighted by molar-refractivity contribution is 7.99. The van der Waals surface area contributed by atoms with Crippen molar-refractivity contribution >= 4 is 35.1 Å². The Balaban J connectivity index is 1.73. The number of halogens is 1. The van der Waals surface area contributed by atoms with Gasteiger partial charge in [-0.2, -0.15) is 0 Å². The van der Waals surface area contributed by atoms with Gasteiger partial charge < -0.3 is 10.6 Å². The summed E-state index contributed by atoms with van der Waals surface area (Å²) < 4.78 is 0. The van der Waals surface area contributed by atoms with Gasteiger partial charge in [-0.05, 0) is 42.7 Å². The number of hydrogen-bond acceptors (Lipinski definition) is 5. The summed E-state index contributed by atoms with van der Waals surface area (Å²) in [4.78, 5) is 25.9. The number of carbonyl (C=O) groups is 2. The highest BCUT2D eigenvalue weighted by Gasteiger charge is 2.48. The van der Waals surface area contributed by atoms with Crippen molar-refractivity contribution in [2.24, 2.45) is 5.92 Å². The average molecular weight is 406 g/mol. The second-order valence-electron chi connectivity index (χ2n) is 7.27. The van der Waals surface area contributed by atoms with E-state index in [0.29, 0.717) is 11.4 Å². The van der Waals surface area contributed by atoms with E-state index in [1.807, 2.05) is 24.3 Å². The second-order valence-corrected chi connectivity index (χ2v) is 8.92. The molecule has 2 heterocycles. The Morgan fingerprint density at radius 3 is 2.67 bits per heavy atom. The fourth-order valence-corrected chi connectivity index (χ4v) is 5.31. The Labute approximate surface area is 168 Å². The number of carbonyl (C=O) groups excluding carboxylic acids is 2. The van der Waals surface area contributed by atoms with Crippen LogP contribution in [0.2, 0.25) is 5.02 Å². The Bertz CT molecular complexity index is 780. The van der Waals surface area contributed by atoms with Crippen molar-refractivity contribution in [2.75, 3.05) is 5.75 Å². The van der Waals surface area contributed by atoms with Crippen LogP contribution in [0.3, 0.4) is 0 Å². The van der Waals surface area contributed by atoms with Crippen LogP contribution in [0.25, 0.3) is 0 Å². The van der Waals surface area contributed by atoms with E-state index in [9.17, 15) is 9.59 Å². The molecular formula is C20H24ClN3O2S. The van der Waals surface area contributed by atoms with Gasteiger partial charge in [0, 0.05) is 28.6 Å². The maximum absolute atomic E-state index is 13.1. The van der Waals surface area contributed by atoms with Crippen molar-refractivity contribution in [3.8, 4) is 0 Å². The monoisotopic (exact) mass is 405 g/mol. The average Bonchev–Trinajstić information content (AvgIpc) is 2.65. The van der Waals surface area contributed by atoms with Gasteiger partial charge in [-0.15, -0.1) is 11.8 Å². The Hall–Kier alpha value is -1.50. The van der Waals surface area contributed by atoms with Crippen molar-refractivity contribution in [3.05, 3.63) is 46.1 Å². The number of hydrogen-bond donors (Lipinski definition) is 3. The van der Waals surface area contributed by atoms with Gasteiger partial charge in [-0.25, -0.2) is 0 Å². The third-order valence-electron chi connectivity index (χ3n) is 5.44. The van der Waals surface area contributed by atoms with Gasteiger partial charge in [0.25, 0.3) is 0 Å². The maximum Gasteiger partial charge on any atom is 0.229 e. The van der Waals surface area contributed by atoms with Crippen LogP contribution in [-0.2, 0) is 9.59 Å². The van der Waals surface area contributed by atoms with Crippen molar-refractivity contribution in [3.63, 3.8) is 0 Å². The van der Waals surface area contributed by atoms with E-state index >= 15 is 0 Å². The third-order valence-corrected chi connectivity index (χ3v) is 6.92. The summed E-state index contributed by atoms with van der Waals surface area (Å²) in [5.41, 5.74) is 2.63. The SMILES string of the molecule is CCCSC1NC(=O)C2C(NC3=C(C(=O)CCC3)C2c2ccc(Cl)cc2)N1. The molecule has 4 unspecified atom stereocenters. The number of allylic oxidation sites excluding steroid dienone is 2. The summed E-state index contributed by atoms with van der Waals surface area (Å²) in [6, 6.07) is 7.53. The van der Waals surface area contributed by atoms with Crippen molar-refractivity contribution < 1.29 is 9.59 Å². The molecule has 1 aromatic rings. The molecule has 3 aliphatic rings. The molecule has 4 rings (SSSR count). The van der Waals surface area contributed by atoms with Crippen molar-refractivity contribution in [2.45, 2.75) is 50.2 Å². The molecule has 1 aromatic carbocycles. The number of ketones is 1. The minimum atomic E-state index is -0.370. The van der Waals surface area contributed by atoms with Crippen LogP contribution in [-0.4, -0.2) is 29.1 Å². The van der Waals surface area contributed by atoms with Crippen LogP contribution in [0.4, 0.5) is 0 Å². The molecule has 0 aromatic heterocycles. The first-order valence-electron chi connectivity index (χ1n) is 9.54. The lowest BCUT2D eigenvalue weighted by atomic mass is 9.70. The summed E-state index contributed by atoms with van der Waals surface area (Å²) in [6.07, 6.45) is 3.13. The molecule has 0 saturated carbocycles. The number of amides is 1. The standard InChI is InChI=1S/C20H24ClN3O2S/c1-2-10-27-20-23-18-17(19(26)24-20)15(11-6-8-12(21)9-7-11)16-13(22-18)4-3-5-14(16)25/h6-9,15,17-18,20,22-23H,2-5,10H2,1H3,(H,24,26). The van der Waals surface area contributed by atoms with E-state index in [1.54, 1.807) is 11.8 Å². The summed E-state index contributed by atoms with van der Waals surface area (Å²) in [6.45, 7) is 2.13. The number of fused-ring (bicyclic) bond motifs is 1. The van der Waals surface area contributed by atoms with Crippen LogP contribution in [0.5, 0.6) is 0 Å². The largest absolute Gasteiger partial charge is 0.372 e. The molecule has 0 spiro atoms. The minimum absolute atomic E-state index is 0.00951. The first-order chi connectivity index (χ1) is 13.1. The predicted molar refractivity (Wildman–Crippen MR) is 108 cm³/mol. The number of thioether (sulfide) groups is 1. The molecule has 144 valence electrons. The lowest BCUT2D eigenvalue weighted by Crippen LogP contribution is -2.67. The Morgan fingerprint density at radius 1 is 1.15 bits per heavy atom. The molecule has 2 aliphatic heterocycles. The minimum Gasteiger partial charge on any atom is -0.372 e. The van der Waals surface area contributed by atoms with Gasteiger partial charge in [0.1, 0.15) is 5.50 Å². The van der Waals surface area contributed by atoms with E-state index in [4.69, 9.17) is 11.6 Å². The molecule has 27 heavy (non-hydrogen) atoms. The number of Topliss-reactive ketones (excluding diaryl/α,β-unsaturated/α-hetero) is 1. The molecular weight excluding hydrogens is 382 g/mol. The molecule has 1 saturated heterocycles. The van der Waals surface area contributed by atoms with Gasteiger partial charge in [0.15, 0.2) is 5.78 Å². The maximum atomic E-state index is 13.1. The zero-order valence-corrected chi connectivity index (χ0v) is 16.8. The summed E-state index contributed by atoms with van der Waals surface area (Å²) in [7, 11) is 0. The number of rotatable bonds is 4. The van der Waals surface area contributed by atoms with Gasteiger partial charge in [-0.1, -0.05) is 30.7 Å². The lowest BCUT2D eigenvalue weighted by Gasteiger charge is -2.47. The van der Waals surface area contributed by atoms with Crippen LogP contribution >= 0.6 is 23.4 Å². The van der Waals surface area contributed by atoms with Crippen LogP contribution < -0.4 is 16.0 Å². The summed E-state index contributed by atoms with van der Waals surface area (Å²) in [5, 5.41) is 10.7. The normalized spacial score (nSPS) is 30.3. The predicted octanol–water partition coefficient (Wildman–Crippen LogP) is 3.12. The van der Waals surface area contributed by atoms with E-state index < -0.39 is 0 Å². The third kappa shape index (κ3) is 3.62. The molecule has 1 fully saturated rings. The van der Waals surface area contributed by atoms with Crippen LogP contribution in [0, 0.1) is 5.92 Å². The quantitative estimate of drug-likeness (QED) is 0.718. The molecule has 0 radical (unpaired) electrons. The fraction of sp³-hybridized carbons (Fsp3) is 0.500. The Morgan fingerprint density at radius 2 is 1.93 bits per heavy atom.